The van der Waals surface area contributed by atoms with Gasteiger partial charge in [-0.2, -0.15) is 0 Å². The van der Waals surface area contributed by atoms with Gasteiger partial charge in [-0.05, 0) is 0 Å². The van der Waals surface area contributed by atoms with Gasteiger partial charge in [-0.15, -0.1) is 0 Å². The zero-order valence-electron chi connectivity index (χ0n) is 11.8. The molecule has 16 heavy (non-hydrogen) atoms. The smallest absolute Gasteiger partial charge is 0.412 e. The van der Waals surface area contributed by atoms with Crippen LogP contribution in [0.2, 0.25) is 8.35 Å². The van der Waals surface area contributed by atoms with Crippen molar-refractivity contribution in [1.29, 1.82) is 0 Å². The second kappa shape index (κ2) is 13.9. The molecule has 0 atom stereocenters. The molecule has 0 spiro atoms. The van der Waals surface area contributed by atoms with Gasteiger partial charge in [0.2, 0.25) is 0 Å². The molecule has 0 radical (unpaired) electrons. The summed E-state index contributed by atoms with van der Waals surface area (Å²) in [7, 11) is 0. The normalized spacial score (nSPS) is 10.6. The van der Waals surface area contributed by atoms with E-state index in [1.54, 1.807) is 21.2 Å². The molecule has 0 rings (SSSR count). The first-order valence-corrected chi connectivity index (χ1v) is 11.9. The molecular formula is C14H32HfO. The largest absolute Gasteiger partial charge is 0.412 e. The van der Waals surface area contributed by atoms with Gasteiger partial charge in [-0.3, -0.25) is 0 Å². The molecule has 0 heterocycles. The zero-order valence-corrected chi connectivity index (χ0v) is 15.4. The summed E-state index contributed by atoms with van der Waals surface area (Å²) < 4.78 is 3.32. The van der Waals surface area contributed by atoms with E-state index in [4.69, 9.17) is 0 Å². The Hall–Kier alpha value is 0.830. The zero-order chi connectivity index (χ0) is 11.5. The van der Waals surface area contributed by atoms with Crippen LogP contribution in [-0.2, 0) is 22.9 Å². The molecule has 2 heteroatoms. The molecule has 0 aromatic heterocycles. The second-order valence-electron chi connectivity index (χ2n) is 5.53. The predicted molar refractivity (Wildman–Crippen MR) is 70.6 cm³/mol. The summed E-state index contributed by atoms with van der Waals surface area (Å²) >= 11 is -0.137. The van der Waals surface area contributed by atoms with Crippen molar-refractivity contribution in [3.8, 4) is 0 Å². The molecular weight excluding hydrogens is 363 g/mol. The van der Waals surface area contributed by atoms with Crippen molar-refractivity contribution in [2.24, 2.45) is 11.8 Å². The van der Waals surface area contributed by atoms with Crippen LogP contribution < -0.4 is 0 Å². The average molecular weight is 395 g/mol. The quantitative estimate of drug-likeness (QED) is 0.379. The van der Waals surface area contributed by atoms with Crippen molar-refractivity contribution >= 4 is 0 Å². The van der Waals surface area contributed by atoms with Crippen molar-refractivity contribution in [3.63, 3.8) is 0 Å². The minimum atomic E-state index is -0.137. The number of hydrogen-bond acceptors (Lipinski definition) is 0. The summed E-state index contributed by atoms with van der Waals surface area (Å²) in [6, 6.07) is 0. The standard InChI is InChI=1S/2C7H15.Hf.H2O/c2*1-4-5-6-7(2)3;;/h2*7H,1,4-6H2,2-3H3;;1H2. The monoisotopic (exact) mass is 396 g/mol. The predicted octanol–water partition coefficient (Wildman–Crippen LogP) is 4.73. The van der Waals surface area contributed by atoms with E-state index in [1.165, 1.54) is 25.7 Å². The van der Waals surface area contributed by atoms with Gasteiger partial charge in [0.1, 0.15) is 0 Å². The van der Waals surface area contributed by atoms with Crippen LogP contribution in [0.3, 0.4) is 0 Å². The molecule has 0 aliphatic heterocycles. The third-order valence-corrected chi connectivity index (χ3v) is 7.85. The van der Waals surface area contributed by atoms with Crippen LogP contribution in [-0.4, -0.2) is 5.48 Å². The SMILES string of the molecule is CC(C)CCC[CH2][Hf][CH2]CCCC(C)C.O. The molecule has 0 aliphatic rings. The first-order valence-electron chi connectivity index (χ1n) is 6.83. The molecule has 1 nitrogen and oxygen atoms in total. The summed E-state index contributed by atoms with van der Waals surface area (Å²) in [6.45, 7) is 9.36. The number of unbranched alkanes of at least 4 members (excludes halogenated alkanes) is 2. The van der Waals surface area contributed by atoms with E-state index in [0.717, 1.165) is 11.8 Å². The van der Waals surface area contributed by atoms with Crippen LogP contribution >= 0.6 is 0 Å². The molecule has 0 fully saturated rings. The Kier molecular flexibility index (Phi) is 16.7. The van der Waals surface area contributed by atoms with Crippen LogP contribution in [0.1, 0.15) is 66.2 Å². The Labute approximate surface area is 114 Å². The maximum absolute atomic E-state index is 2.34. The summed E-state index contributed by atoms with van der Waals surface area (Å²) in [5, 5.41) is 0. The number of hydrogen-bond donors (Lipinski definition) is 0. The maximum atomic E-state index is 2.34. The van der Waals surface area contributed by atoms with Crippen molar-refractivity contribution < 1.29 is 28.4 Å². The van der Waals surface area contributed by atoms with Crippen LogP contribution in [0.25, 0.3) is 0 Å². The van der Waals surface area contributed by atoms with Gasteiger partial charge in [-0.25, -0.2) is 0 Å². The molecule has 0 aromatic carbocycles. The fourth-order valence-electron chi connectivity index (χ4n) is 1.73. The number of rotatable bonds is 10. The van der Waals surface area contributed by atoms with E-state index < -0.39 is 0 Å². The van der Waals surface area contributed by atoms with E-state index in [0.29, 0.717) is 0 Å². The minimum absolute atomic E-state index is 0. The van der Waals surface area contributed by atoms with E-state index in [9.17, 15) is 0 Å². The van der Waals surface area contributed by atoms with Gasteiger partial charge >= 0.3 is 109 Å². The summed E-state index contributed by atoms with van der Waals surface area (Å²) in [5.74, 6) is 1.84. The van der Waals surface area contributed by atoms with Gasteiger partial charge in [0.05, 0.1) is 0 Å². The molecule has 0 bridgehead atoms. The van der Waals surface area contributed by atoms with Crippen LogP contribution in [0.15, 0.2) is 0 Å². The first-order chi connectivity index (χ1) is 7.13. The summed E-state index contributed by atoms with van der Waals surface area (Å²) in [6.07, 6.45) is 9.00. The van der Waals surface area contributed by atoms with Crippen molar-refractivity contribution in [2.75, 3.05) is 0 Å². The van der Waals surface area contributed by atoms with Gasteiger partial charge in [-0.1, -0.05) is 0 Å². The van der Waals surface area contributed by atoms with Gasteiger partial charge < -0.3 is 5.48 Å². The first kappa shape index (κ1) is 19.2. The van der Waals surface area contributed by atoms with Gasteiger partial charge in [0, 0.05) is 0 Å². The van der Waals surface area contributed by atoms with Crippen LogP contribution in [0, 0.1) is 11.8 Å². The Balaban J connectivity index is 0. The van der Waals surface area contributed by atoms with Crippen molar-refractivity contribution in [3.05, 3.63) is 0 Å². The summed E-state index contributed by atoms with van der Waals surface area (Å²) in [4.78, 5) is 0. The van der Waals surface area contributed by atoms with Crippen LogP contribution in [0.5, 0.6) is 0 Å². The molecule has 0 amide bonds. The van der Waals surface area contributed by atoms with Crippen LogP contribution in [0.4, 0.5) is 0 Å². The Morgan fingerprint density at radius 1 is 0.688 bits per heavy atom. The second-order valence-corrected chi connectivity index (χ2v) is 10.9. The minimum Gasteiger partial charge on any atom is -0.412 e. The molecule has 98 valence electrons. The van der Waals surface area contributed by atoms with E-state index in [2.05, 4.69) is 27.7 Å². The maximum Gasteiger partial charge on any atom is -0.412 e. The van der Waals surface area contributed by atoms with Crippen molar-refractivity contribution in [1.82, 2.24) is 0 Å². The Morgan fingerprint density at radius 3 is 1.38 bits per heavy atom. The Bertz CT molecular complexity index is 110. The third-order valence-electron chi connectivity index (χ3n) is 2.77. The molecule has 0 unspecified atom stereocenters. The van der Waals surface area contributed by atoms with E-state index in [1.807, 2.05) is 0 Å². The van der Waals surface area contributed by atoms with Gasteiger partial charge in [0.25, 0.3) is 0 Å². The van der Waals surface area contributed by atoms with E-state index in [-0.39, 0.29) is 28.4 Å². The molecule has 2 N–H and O–H groups in total. The average Bonchev–Trinajstić information content (AvgIpc) is 2.14. The molecule has 0 saturated carbocycles. The summed E-state index contributed by atoms with van der Waals surface area (Å²) in [5.41, 5.74) is 0. The molecule has 0 aliphatic carbocycles. The fraction of sp³-hybridized carbons (Fsp3) is 1.00. The third kappa shape index (κ3) is 17.2. The molecule has 0 aromatic rings. The topological polar surface area (TPSA) is 31.5 Å². The van der Waals surface area contributed by atoms with Crippen molar-refractivity contribution in [2.45, 2.75) is 74.6 Å². The Morgan fingerprint density at radius 2 is 1.06 bits per heavy atom. The van der Waals surface area contributed by atoms with E-state index >= 15 is 0 Å². The fourth-order valence-corrected chi connectivity index (χ4v) is 6.22. The molecule has 0 saturated heterocycles. The van der Waals surface area contributed by atoms with Gasteiger partial charge in [0.15, 0.2) is 0 Å².